The summed E-state index contributed by atoms with van der Waals surface area (Å²) in [4.78, 5) is 35.9. The van der Waals surface area contributed by atoms with E-state index in [2.05, 4.69) is 0 Å². The van der Waals surface area contributed by atoms with Gasteiger partial charge in [-0.1, -0.05) is 27.7 Å². The third-order valence-corrected chi connectivity index (χ3v) is 5.72. The SMILES string of the molecule is CC(=O)O[C@@H]1CC2C(COC(=O)CC(C)C)=CO[C@H](OC(=O)CC(C)C)C2C12CO2. The lowest BCUT2D eigenvalue weighted by atomic mass is 9.83. The van der Waals surface area contributed by atoms with Crippen LogP contribution in [0.2, 0.25) is 0 Å². The van der Waals surface area contributed by atoms with Gasteiger partial charge in [0.2, 0.25) is 6.29 Å². The van der Waals surface area contributed by atoms with Crippen molar-refractivity contribution in [3.63, 3.8) is 0 Å². The number of hydrogen-bond acceptors (Lipinski definition) is 8. The molecule has 1 spiro atoms. The lowest BCUT2D eigenvalue weighted by molar-refractivity contribution is -0.192. The van der Waals surface area contributed by atoms with Crippen LogP contribution in [0.5, 0.6) is 0 Å². The van der Waals surface area contributed by atoms with Gasteiger partial charge in [-0.15, -0.1) is 0 Å². The van der Waals surface area contributed by atoms with Crippen LogP contribution >= 0.6 is 0 Å². The molecule has 0 amide bonds. The van der Waals surface area contributed by atoms with Crippen molar-refractivity contribution in [3.05, 3.63) is 11.8 Å². The predicted octanol–water partition coefficient (Wildman–Crippen LogP) is 2.74. The Morgan fingerprint density at radius 3 is 2.30 bits per heavy atom. The van der Waals surface area contributed by atoms with Gasteiger partial charge in [0.05, 0.1) is 18.8 Å². The van der Waals surface area contributed by atoms with Crippen LogP contribution in [0.4, 0.5) is 0 Å². The molecule has 2 fully saturated rings. The zero-order valence-electron chi connectivity index (χ0n) is 18.3. The molecule has 1 saturated heterocycles. The second kappa shape index (κ2) is 8.96. The summed E-state index contributed by atoms with van der Waals surface area (Å²) in [5, 5.41) is 0. The molecule has 1 saturated carbocycles. The van der Waals surface area contributed by atoms with Crippen LogP contribution in [0, 0.1) is 23.7 Å². The standard InChI is InChI=1S/C22H32O8/c1-12(2)6-18(24)26-9-15-10-27-21(30-19(25)7-13(3)4)20-16(15)8-17(29-14(5)23)22(20)11-28-22/h10,12-13,16-17,20-21H,6-9,11H2,1-5H3/t16?,17-,20?,21-,22?/m1/s1. The van der Waals surface area contributed by atoms with Crippen LogP contribution in [0.1, 0.15) is 53.9 Å². The van der Waals surface area contributed by atoms with Crippen LogP contribution in [-0.2, 0) is 38.1 Å². The van der Waals surface area contributed by atoms with E-state index in [1.165, 1.54) is 13.2 Å². The fourth-order valence-electron chi connectivity index (χ4n) is 4.38. The van der Waals surface area contributed by atoms with Gasteiger partial charge in [0.1, 0.15) is 18.3 Å². The predicted molar refractivity (Wildman–Crippen MR) is 105 cm³/mol. The molecule has 0 aromatic heterocycles. The molecular formula is C22H32O8. The summed E-state index contributed by atoms with van der Waals surface area (Å²) in [6.45, 7) is 9.62. The van der Waals surface area contributed by atoms with Gasteiger partial charge in [0.25, 0.3) is 0 Å². The maximum absolute atomic E-state index is 12.3. The van der Waals surface area contributed by atoms with E-state index in [1.807, 2.05) is 27.7 Å². The minimum absolute atomic E-state index is 0.0856. The smallest absolute Gasteiger partial charge is 0.309 e. The Morgan fingerprint density at radius 2 is 1.73 bits per heavy atom. The van der Waals surface area contributed by atoms with Crippen molar-refractivity contribution in [1.29, 1.82) is 0 Å². The van der Waals surface area contributed by atoms with Crippen molar-refractivity contribution in [2.75, 3.05) is 13.2 Å². The monoisotopic (exact) mass is 424 g/mol. The number of hydrogen-bond donors (Lipinski definition) is 0. The van der Waals surface area contributed by atoms with E-state index in [9.17, 15) is 14.4 Å². The van der Waals surface area contributed by atoms with Gasteiger partial charge in [-0.25, -0.2) is 0 Å². The maximum atomic E-state index is 12.3. The molecule has 3 unspecified atom stereocenters. The van der Waals surface area contributed by atoms with Crippen molar-refractivity contribution in [3.8, 4) is 0 Å². The Balaban J connectivity index is 1.77. The highest BCUT2D eigenvalue weighted by Gasteiger charge is 2.70. The van der Waals surface area contributed by atoms with Crippen LogP contribution in [0.25, 0.3) is 0 Å². The molecule has 3 rings (SSSR count). The quantitative estimate of drug-likeness (QED) is 0.333. The van der Waals surface area contributed by atoms with Crippen molar-refractivity contribution >= 4 is 17.9 Å². The fourth-order valence-corrected chi connectivity index (χ4v) is 4.38. The summed E-state index contributed by atoms with van der Waals surface area (Å²) >= 11 is 0. The molecular weight excluding hydrogens is 392 g/mol. The van der Waals surface area contributed by atoms with Gasteiger partial charge >= 0.3 is 17.9 Å². The number of fused-ring (bicyclic) bond motifs is 2. The normalized spacial score (nSPS) is 31.8. The molecule has 8 nitrogen and oxygen atoms in total. The van der Waals surface area contributed by atoms with Gasteiger partial charge in [-0.3, -0.25) is 14.4 Å². The molecule has 2 aliphatic heterocycles. The first kappa shape index (κ1) is 22.6. The highest BCUT2D eigenvalue weighted by Crippen LogP contribution is 2.57. The van der Waals surface area contributed by atoms with Crippen LogP contribution < -0.4 is 0 Å². The van der Waals surface area contributed by atoms with E-state index in [0.29, 0.717) is 19.4 Å². The Morgan fingerprint density at radius 1 is 1.10 bits per heavy atom. The number of carbonyl (C=O) groups is 3. The van der Waals surface area contributed by atoms with Gasteiger partial charge in [-0.2, -0.15) is 0 Å². The highest BCUT2D eigenvalue weighted by molar-refractivity contribution is 5.70. The minimum atomic E-state index is -0.834. The fraction of sp³-hybridized carbons (Fsp3) is 0.773. The second-order valence-corrected chi connectivity index (χ2v) is 9.25. The summed E-state index contributed by atoms with van der Waals surface area (Å²) < 4.78 is 28.2. The Hall–Kier alpha value is -2.09. The van der Waals surface area contributed by atoms with Gasteiger partial charge in [0.15, 0.2) is 0 Å². The number of esters is 3. The third-order valence-electron chi connectivity index (χ3n) is 5.72. The van der Waals surface area contributed by atoms with Gasteiger partial charge in [0, 0.05) is 31.3 Å². The maximum Gasteiger partial charge on any atom is 0.309 e. The zero-order chi connectivity index (χ0) is 22.1. The molecule has 1 aliphatic carbocycles. The Kier molecular flexibility index (Phi) is 6.75. The first-order valence-electron chi connectivity index (χ1n) is 10.6. The van der Waals surface area contributed by atoms with E-state index < -0.39 is 24.0 Å². The number of ether oxygens (including phenoxy) is 5. The van der Waals surface area contributed by atoms with Crippen molar-refractivity contribution in [2.45, 2.75) is 71.9 Å². The van der Waals surface area contributed by atoms with E-state index in [4.69, 9.17) is 23.7 Å². The minimum Gasteiger partial charge on any atom is -0.462 e. The number of epoxide rings is 1. The van der Waals surface area contributed by atoms with Gasteiger partial charge < -0.3 is 23.7 Å². The van der Waals surface area contributed by atoms with E-state index >= 15 is 0 Å². The average Bonchev–Trinajstić information content (AvgIpc) is 3.33. The van der Waals surface area contributed by atoms with Crippen molar-refractivity contribution < 1.29 is 38.1 Å². The lowest BCUT2D eigenvalue weighted by Gasteiger charge is -2.35. The van der Waals surface area contributed by atoms with E-state index in [1.54, 1.807) is 0 Å². The molecule has 3 aliphatic rings. The highest BCUT2D eigenvalue weighted by atomic mass is 16.7. The molecule has 8 heteroatoms. The molecule has 0 radical (unpaired) electrons. The lowest BCUT2D eigenvalue weighted by Crippen LogP contribution is -2.45. The summed E-state index contributed by atoms with van der Waals surface area (Å²) in [7, 11) is 0. The summed E-state index contributed by atoms with van der Waals surface area (Å²) in [5.41, 5.74) is 0.0402. The average molecular weight is 424 g/mol. The summed E-state index contributed by atoms with van der Waals surface area (Å²) in [6, 6.07) is 0. The molecule has 0 N–H and O–H groups in total. The number of carbonyl (C=O) groups excluding carboxylic acids is 3. The van der Waals surface area contributed by atoms with Crippen molar-refractivity contribution in [1.82, 2.24) is 0 Å². The molecule has 5 atom stereocenters. The largest absolute Gasteiger partial charge is 0.462 e. The van der Waals surface area contributed by atoms with E-state index in [-0.39, 0.29) is 48.6 Å². The first-order valence-corrected chi connectivity index (χ1v) is 10.6. The first-order chi connectivity index (χ1) is 14.1. The molecule has 2 heterocycles. The Labute approximate surface area is 177 Å². The van der Waals surface area contributed by atoms with E-state index in [0.717, 1.165) is 5.57 Å². The molecule has 0 aromatic rings. The van der Waals surface area contributed by atoms with Crippen molar-refractivity contribution in [2.24, 2.45) is 23.7 Å². The second-order valence-electron chi connectivity index (χ2n) is 9.25. The molecule has 30 heavy (non-hydrogen) atoms. The third kappa shape index (κ3) is 4.96. The number of rotatable bonds is 8. The molecule has 0 bridgehead atoms. The molecule has 0 aromatic carbocycles. The summed E-state index contributed by atoms with van der Waals surface area (Å²) in [5.74, 6) is -1.13. The summed E-state index contributed by atoms with van der Waals surface area (Å²) in [6.07, 6.45) is 1.33. The van der Waals surface area contributed by atoms with Gasteiger partial charge in [-0.05, 0) is 18.3 Å². The topological polar surface area (TPSA) is 101 Å². The van der Waals surface area contributed by atoms with Crippen LogP contribution in [0.3, 0.4) is 0 Å². The zero-order valence-corrected chi connectivity index (χ0v) is 18.3. The molecule has 168 valence electrons. The van der Waals surface area contributed by atoms with Crippen LogP contribution in [0.15, 0.2) is 11.8 Å². The van der Waals surface area contributed by atoms with Crippen LogP contribution in [-0.4, -0.2) is 49.1 Å². The Bertz CT molecular complexity index is 706.